The third-order valence-corrected chi connectivity index (χ3v) is 3.46. The van der Waals surface area contributed by atoms with Crippen molar-refractivity contribution in [2.24, 2.45) is 5.92 Å². The van der Waals surface area contributed by atoms with Gasteiger partial charge in [0.25, 0.3) is 5.91 Å². The van der Waals surface area contributed by atoms with Crippen LogP contribution in [0.4, 0.5) is 0 Å². The van der Waals surface area contributed by atoms with Crippen LogP contribution >= 0.6 is 0 Å². The molecule has 5 heteroatoms. The van der Waals surface area contributed by atoms with Gasteiger partial charge in [0, 0.05) is 25.6 Å². The average Bonchev–Trinajstić information content (AvgIpc) is 2.53. The van der Waals surface area contributed by atoms with Crippen LogP contribution in [0, 0.1) is 5.92 Å². The maximum atomic E-state index is 12.1. The van der Waals surface area contributed by atoms with E-state index in [-0.39, 0.29) is 18.9 Å². The number of carbonyl (C=O) groups is 1. The fourth-order valence-corrected chi connectivity index (χ4v) is 2.38. The summed E-state index contributed by atoms with van der Waals surface area (Å²) in [6.07, 6.45) is -2.28. The lowest BCUT2D eigenvalue weighted by Gasteiger charge is -2.24. The van der Waals surface area contributed by atoms with Crippen LogP contribution in [0.15, 0.2) is 30.3 Å². The maximum absolute atomic E-state index is 12.1. The molecule has 0 bridgehead atoms. The predicted octanol–water partition coefficient (Wildman–Crippen LogP) is -0.251. The van der Waals surface area contributed by atoms with Crippen molar-refractivity contribution in [1.29, 1.82) is 0 Å². The van der Waals surface area contributed by atoms with Gasteiger partial charge >= 0.3 is 0 Å². The van der Waals surface area contributed by atoms with Gasteiger partial charge in [-0.3, -0.25) is 4.79 Å². The number of hydrogen-bond donors (Lipinski definition) is 3. The molecule has 0 aliphatic carbocycles. The van der Waals surface area contributed by atoms with Crippen molar-refractivity contribution in [3.8, 4) is 0 Å². The summed E-state index contributed by atoms with van der Waals surface area (Å²) in [5.74, 6) is -0.688. The Bertz CT molecular complexity index is 423. The van der Waals surface area contributed by atoms with Gasteiger partial charge in [0.1, 0.15) is 0 Å². The second-order valence-corrected chi connectivity index (χ2v) is 5.00. The monoisotopic (exact) mass is 265 g/mol. The van der Waals surface area contributed by atoms with Crippen LogP contribution in [0.25, 0.3) is 0 Å². The van der Waals surface area contributed by atoms with Crippen LogP contribution < -0.4 is 0 Å². The summed E-state index contributed by atoms with van der Waals surface area (Å²) < 4.78 is 0. The molecule has 1 fully saturated rings. The smallest absolute Gasteiger partial charge is 0.254 e. The molecular formula is C14H19NO4. The van der Waals surface area contributed by atoms with E-state index in [0.29, 0.717) is 13.1 Å². The number of amides is 1. The van der Waals surface area contributed by atoms with E-state index in [9.17, 15) is 20.1 Å². The summed E-state index contributed by atoms with van der Waals surface area (Å²) in [5.41, 5.74) is 0.955. The molecule has 1 aromatic carbocycles. The van der Waals surface area contributed by atoms with Gasteiger partial charge in [0.2, 0.25) is 0 Å². The van der Waals surface area contributed by atoms with Crippen LogP contribution in [-0.2, 0) is 11.3 Å². The molecule has 1 aromatic rings. The Labute approximate surface area is 112 Å². The molecule has 0 saturated carbocycles. The zero-order valence-corrected chi connectivity index (χ0v) is 10.6. The minimum absolute atomic E-state index is 0.109. The molecule has 1 aliphatic heterocycles. The molecule has 1 heterocycles. The van der Waals surface area contributed by atoms with Crippen molar-refractivity contribution in [3.05, 3.63) is 35.9 Å². The molecule has 2 rings (SSSR count). The van der Waals surface area contributed by atoms with Crippen LogP contribution in [-0.4, -0.2) is 51.5 Å². The molecule has 104 valence electrons. The van der Waals surface area contributed by atoms with Crippen molar-refractivity contribution in [3.63, 3.8) is 0 Å². The van der Waals surface area contributed by atoms with E-state index in [1.165, 1.54) is 4.90 Å². The highest BCUT2D eigenvalue weighted by molar-refractivity contribution is 5.81. The Hall–Kier alpha value is -1.43. The standard InChI is InChI=1S/C14H19NO4/c16-9-11-6-12(17)13(18)14(19)15(8-11)7-10-4-2-1-3-5-10/h1-5,11-13,16-18H,6-9H2/t11-,12+,13+/m0/s1. The fourth-order valence-electron chi connectivity index (χ4n) is 2.38. The number of benzene rings is 1. The SMILES string of the molecule is O=C1[C@H](O)[C@H](O)C[C@H](CO)CN1Cc1ccccc1. The molecule has 3 N–H and O–H groups in total. The van der Waals surface area contributed by atoms with Gasteiger partial charge in [-0.15, -0.1) is 0 Å². The van der Waals surface area contributed by atoms with Gasteiger partial charge in [-0.05, 0) is 12.0 Å². The highest BCUT2D eigenvalue weighted by atomic mass is 16.3. The Morgan fingerprint density at radius 1 is 1.21 bits per heavy atom. The number of aliphatic hydroxyl groups is 3. The number of hydrogen-bond acceptors (Lipinski definition) is 4. The Kier molecular flexibility index (Phi) is 4.52. The normalized spacial score (nSPS) is 28.3. The molecule has 1 aliphatic rings. The first-order valence-electron chi connectivity index (χ1n) is 6.41. The van der Waals surface area contributed by atoms with Crippen molar-refractivity contribution in [2.75, 3.05) is 13.2 Å². The second-order valence-electron chi connectivity index (χ2n) is 5.00. The third-order valence-electron chi connectivity index (χ3n) is 3.46. The predicted molar refractivity (Wildman–Crippen MR) is 69.1 cm³/mol. The summed E-state index contributed by atoms with van der Waals surface area (Å²) in [5, 5.41) is 28.7. The molecule has 19 heavy (non-hydrogen) atoms. The van der Waals surface area contributed by atoms with E-state index in [1.54, 1.807) is 0 Å². The highest BCUT2D eigenvalue weighted by Gasteiger charge is 2.35. The molecule has 0 unspecified atom stereocenters. The minimum Gasteiger partial charge on any atom is -0.396 e. The van der Waals surface area contributed by atoms with Crippen molar-refractivity contribution >= 4 is 5.91 Å². The molecule has 1 amide bonds. The lowest BCUT2D eigenvalue weighted by molar-refractivity contribution is -0.144. The van der Waals surface area contributed by atoms with E-state index in [0.717, 1.165) is 5.56 Å². The summed E-state index contributed by atoms with van der Waals surface area (Å²) in [6, 6.07) is 9.45. The van der Waals surface area contributed by atoms with Crippen molar-refractivity contribution in [1.82, 2.24) is 4.90 Å². The first kappa shape index (κ1) is 14.0. The van der Waals surface area contributed by atoms with Gasteiger partial charge < -0.3 is 20.2 Å². The number of likely N-dealkylation sites (tertiary alicyclic amines) is 1. The molecule has 3 atom stereocenters. The van der Waals surface area contributed by atoms with Crippen molar-refractivity contribution < 1.29 is 20.1 Å². The molecule has 5 nitrogen and oxygen atoms in total. The van der Waals surface area contributed by atoms with E-state index in [4.69, 9.17) is 0 Å². The quantitative estimate of drug-likeness (QED) is 0.704. The Morgan fingerprint density at radius 2 is 1.89 bits per heavy atom. The number of rotatable bonds is 3. The molecular weight excluding hydrogens is 246 g/mol. The van der Waals surface area contributed by atoms with Crippen LogP contribution in [0.2, 0.25) is 0 Å². The summed E-state index contributed by atoms with van der Waals surface area (Å²) >= 11 is 0. The Balaban J connectivity index is 2.14. The molecule has 0 radical (unpaired) electrons. The second kappa shape index (κ2) is 6.14. The largest absolute Gasteiger partial charge is 0.396 e. The number of carbonyl (C=O) groups excluding carboxylic acids is 1. The fraction of sp³-hybridized carbons (Fsp3) is 0.500. The van der Waals surface area contributed by atoms with Gasteiger partial charge in [0.15, 0.2) is 6.10 Å². The molecule has 1 saturated heterocycles. The summed E-state index contributed by atoms with van der Waals surface area (Å²) in [4.78, 5) is 13.6. The van der Waals surface area contributed by atoms with Crippen LogP contribution in [0.5, 0.6) is 0 Å². The van der Waals surface area contributed by atoms with E-state index < -0.39 is 18.1 Å². The molecule has 0 aromatic heterocycles. The van der Waals surface area contributed by atoms with Gasteiger partial charge in [-0.25, -0.2) is 0 Å². The summed E-state index contributed by atoms with van der Waals surface area (Å²) in [6.45, 7) is 0.612. The van der Waals surface area contributed by atoms with E-state index in [1.807, 2.05) is 30.3 Å². The average molecular weight is 265 g/mol. The third kappa shape index (κ3) is 3.32. The van der Waals surface area contributed by atoms with E-state index >= 15 is 0 Å². The first-order chi connectivity index (χ1) is 9.11. The molecule has 0 spiro atoms. The highest BCUT2D eigenvalue weighted by Crippen LogP contribution is 2.20. The lowest BCUT2D eigenvalue weighted by atomic mass is 10.0. The zero-order valence-electron chi connectivity index (χ0n) is 10.6. The van der Waals surface area contributed by atoms with Crippen molar-refractivity contribution in [2.45, 2.75) is 25.2 Å². The number of aliphatic hydroxyl groups excluding tert-OH is 3. The lowest BCUT2D eigenvalue weighted by Crippen LogP contribution is -2.42. The van der Waals surface area contributed by atoms with Crippen LogP contribution in [0.3, 0.4) is 0 Å². The minimum atomic E-state index is -1.40. The van der Waals surface area contributed by atoms with Gasteiger partial charge in [-0.2, -0.15) is 0 Å². The van der Waals surface area contributed by atoms with Crippen LogP contribution in [0.1, 0.15) is 12.0 Å². The first-order valence-corrected chi connectivity index (χ1v) is 6.41. The van der Waals surface area contributed by atoms with Gasteiger partial charge in [-0.1, -0.05) is 30.3 Å². The van der Waals surface area contributed by atoms with E-state index in [2.05, 4.69) is 0 Å². The zero-order chi connectivity index (χ0) is 13.8. The maximum Gasteiger partial charge on any atom is 0.254 e. The Morgan fingerprint density at radius 3 is 2.53 bits per heavy atom. The number of nitrogens with zero attached hydrogens (tertiary/aromatic N) is 1. The topological polar surface area (TPSA) is 81.0 Å². The van der Waals surface area contributed by atoms with Gasteiger partial charge in [0.05, 0.1) is 6.10 Å². The summed E-state index contributed by atoms with van der Waals surface area (Å²) in [7, 11) is 0.